The van der Waals surface area contributed by atoms with E-state index in [1.54, 1.807) is 18.0 Å². The van der Waals surface area contributed by atoms with Crippen LogP contribution in [-0.2, 0) is 0 Å². The van der Waals surface area contributed by atoms with Crippen molar-refractivity contribution in [2.75, 3.05) is 12.4 Å². The molecule has 0 bridgehead atoms. The predicted octanol–water partition coefficient (Wildman–Crippen LogP) is 1.20. The number of hydrogen-bond donors (Lipinski definition) is 2. The van der Waals surface area contributed by atoms with Crippen LogP contribution in [0.1, 0.15) is 17.7 Å². The summed E-state index contributed by atoms with van der Waals surface area (Å²) >= 11 is 1.67. The van der Waals surface area contributed by atoms with Crippen LogP contribution in [0.2, 0.25) is 0 Å². The molecule has 1 heterocycles. The molecule has 0 aliphatic rings. The Morgan fingerprint density at radius 2 is 2.43 bits per heavy atom. The summed E-state index contributed by atoms with van der Waals surface area (Å²) in [5.74, 6) is 0.709. The number of rotatable bonds is 5. The van der Waals surface area contributed by atoms with Crippen LogP contribution in [0.25, 0.3) is 0 Å². The molecule has 78 valence electrons. The first-order chi connectivity index (χ1) is 6.75. The van der Waals surface area contributed by atoms with Crippen molar-refractivity contribution in [3.05, 3.63) is 30.1 Å². The third-order valence-corrected chi connectivity index (χ3v) is 3.36. The van der Waals surface area contributed by atoms with Crippen LogP contribution in [-0.4, -0.2) is 28.5 Å². The summed E-state index contributed by atoms with van der Waals surface area (Å²) < 4.78 is 0. The van der Waals surface area contributed by atoms with Gasteiger partial charge in [0.2, 0.25) is 0 Å². The molecule has 1 aromatic heterocycles. The highest BCUT2D eigenvalue weighted by Crippen LogP contribution is 2.30. The molecule has 0 fully saturated rings. The molecule has 1 aromatic rings. The maximum absolute atomic E-state index is 8.77. The lowest BCUT2D eigenvalue weighted by Gasteiger charge is -2.19. The largest absolute Gasteiger partial charge is 0.396 e. The molecule has 2 unspecified atom stereocenters. The normalized spacial score (nSPS) is 15.1. The fourth-order valence-corrected chi connectivity index (χ4v) is 2.27. The Balaban J connectivity index is 2.68. The van der Waals surface area contributed by atoms with E-state index in [-0.39, 0.29) is 17.9 Å². The van der Waals surface area contributed by atoms with E-state index >= 15 is 0 Å². The Morgan fingerprint density at radius 3 is 2.93 bits per heavy atom. The van der Waals surface area contributed by atoms with E-state index in [1.807, 2.05) is 25.3 Å². The fraction of sp³-hybridized carbons (Fsp3) is 0.500. The average molecular weight is 212 g/mol. The van der Waals surface area contributed by atoms with Gasteiger partial charge >= 0.3 is 0 Å². The fourth-order valence-electron chi connectivity index (χ4n) is 1.28. The molecule has 0 aliphatic carbocycles. The second kappa shape index (κ2) is 6.01. The molecule has 0 aromatic carbocycles. The van der Waals surface area contributed by atoms with E-state index in [4.69, 9.17) is 10.8 Å². The van der Waals surface area contributed by atoms with Crippen LogP contribution in [0.3, 0.4) is 0 Å². The molecule has 14 heavy (non-hydrogen) atoms. The molecule has 4 heteroatoms. The highest BCUT2D eigenvalue weighted by atomic mass is 32.2. The summed E-state index contributed by atoms with van der Waals surface area (Å²) in [4.78, 5) is 4.06. The number of hydrogen-bond acceptors (Lipinski definition) is 4. The van der Waals surface area contributed by atoms with Crippen molar-refractivity contribution >= 4 is 11.8 Å². The molecule has 0 radical (unpaired) electrons. The van der Waals surface area contributed by atoms with E-state index in [0.717, 1.165) is 5.56 Å². The van der Waals surface area contributed by atoms with Crippen LogP contribution < -0.4 is 5.73 Å². The van der Waals surface area contributed by atoms with Crippen molar-refractivity contribution in [3.63, 3.8) is 0 Å². The van der Waals surface area contributed by atoms with E-state index in [2.05, 4.69) is 4.98 Å². The third-order valence-electron chi connectivity index (χ3n) is 1.88. The van der Waals surface area contributed by atoms with Crippen LogP contribution in [0.4, 0.5) is 0 Å². The van der Waals surface area contributed by atoms with Crippen molar-refractivity contribution in [1.29, 1.82) is 0 Å². The SMILES string of the molecule is CC(N)C(SCCO)c1cccnc1. The molecule has 3 nitrogen and oxygen atoms in total. The molecule has 0 spiro atoms. The van der Waals surface area contributed by atoms with Gasteiger partial charge in [0.05, 0.1) is 6.61 Å². The van der Waals surface area contributed by atoms with E-state index in [1.165, 1.54) is 0 Å². The Morgan fingerprint density at radius 1 is 1.64 bits per heavy atom. The van der Waals surface area contributed by atoms with E-state index in [0.29, 0.717) is 5.75 Å². The Hall–Kier alpha value is -0.580. The molecule has 0 aliphatic heterocycles. The minimum absolute atomic E-state index is 0.0655. The Bertz CT molecular complexity index is 254. The standard InChI is InChI=1S/C10H16N2OS/c1-8(11)10(14-6-5-13)9-3-2-4-12-7-9/h2-4,7-8,10,13H,5-6,11H2,1H3. The van der Waals surface area contributed by atoms with E-state index in [9.17, 15) is 0 Å². The molecule has 0 amide bonds. The van der Waals surface area contributed by atoms with Gasteiger partial charge in [-0.15, -0.1) is 11.8 Å². The van der Waals surface area contributed by atoms with E-state index < -0.39 is 0 Å². The summed E-state index contributed by atoms with van der Waals surface area (Å²) in [5, 5.41) is 8.98. The molecular formula is C10H16N2OS. The lowest BCUT2D eigenvalue weighted by atomic mass is 10.1. The van der Waals surface area contributed by atoms with Gasteiger partial charge in [0, 0.05) is 29.4 Å². The van der Waals surface area contributed by atoms with Gasteiger partial charge in [-0.25, -0.2) is 0 Å². The summed E-state index contributed by atoms with van der Waals surface area (Å²) in [5.41, 5.74) is 7.01. The summed E-state index contributed by atoms with van der Waals surface area (Å²) in [7, 11) is 0. The third kappa shape index (κ3) is 3.29. The average Bonchev–Trinajstić information content (AvgIpc) is 2.19. The zero-order chi connectivity index (χ0) is 10.4. The van der Waals surface area contributed by atoms with Crippen LogP contribution in [0, 0.1) is 0 Å². The molecule has 2 atom stereocenters. The number of nitrogens with zero attached hydrogens (tertiary/aromatic N) is 1. The second-order valence-electron chi connectivity index (χ2n) is 3.16. The zero-order valence-corrected chi connectivity index (χ0v) is 9.07. The Kier molecular flexibility index (Phi) is 4.93. The topological polar surface area (TPSA) is 59.1 Å². The number of thioether (sulfide) groups is 1. The second-order valence-corrected chi connectivity index (χ2v) is 4.41. The first kappa shape index (κ1) is 11.5. The quantitative estimate of drug-likeness (QED) is 0.770. The van der Waals surface area contributed by atoms with Gasteiger partial charge in [-0.2, -0.15) is 0 Å². The highest BCUT2D eigenvalue weighted by molar-refractivity contribution is 7.99. The van der Waals surface area contributed by atoms with Crippen LogP contribution >= 0.6 is 11.8 Å². The van der Waals surface area contributed by atoms with Crippen molar-refractivity contribution in [2.24, 2.45) is 5.73 Å². The number of nitrogens with two attached hydrogens (primary N) is 1. The predicted molar refractivity (Wildman–Crippen MR) is 60.2 cm³/mol. The number of aliphatic hydroxyl groups is 1. The monoisotopic (exact) mass is 212 g/mol. The smallest absolute Gasteiger partial charge is 0.0521 e. The summed E-state index contributed by atoms with van der Waals surface area (Å²) in [6.45, 7) is 2.16. The lowest BCUT2D eigenvalue weighted by molar-refractivity contribution is 0.322. The van der Waals surface area contributed by atoms with Crippen molar-refractivity contribution < 1.29 is 5.11 Å². The first-order valence-corrected chi connectivity index (χ1v) is 5.68. The van der Waals surface area contributed by atoms with Gasteiger partial charge in [0.25, 0.3) is 0 Å². The lowest BCUT2D eigenvalue weighted by Crippen LogP contribution is -2.23. The molecule has 0 saturated carbocycles. The van der Waals surface area contributed by atoms with Gasteiger partial charge in [0.15, 0.2) is 0 Å². The van der Waals surface area contributed by atoms with Gasteiger partial charge in [0.1, 0.15) is 0 Å². The van der Waals surface area contributed by atoms with Crippen molar-refractivity contribution in [1.82, 2.24) is 4.98 Å². The van der Waals surface area contributed by atoms with Crippen molar-refractivity contribution in [3.8, 4) is 0 Å². The van der Waals surface area contributed by atoms with Gasteiger partial charge in [-0.1, -0.05) is 6.07 Å². The first-order valence-electron chi connectivity index (χ1n) is 4.63. The van der Waals surface area contributed by atoms with Crippen LogP contribution in [0.15, 0.2) is 24.5 Å². The zero-order valence-electron chi connectivity index (χ0n) is 8.26. The summed E-state index contributed by atoms with van der Waals surface area (Å²) in [6.07, 6.45) is 3.58. The van der Waals surface area contributed by atoms with Crippen LogP contribution in [0.5, 0.6) is 0 Å². The minimum atomic E-state index is 0.0655. The molecule has 0 saturated heterocycles. The highest BCUT2D eigenvalue weighted by Gasteiger charge is 2.16. The number of aliphatic hydroxyl groups excluding tert-OH is 1. The Labute approximate surface area is 88.7 Å². The maximum Gasteiger partial charge on any atom is 0.0521 e. The number of aromatic nitrogens is 1. The van der Waals surface area contributed by atoms with Crippen molar-refractivity contribution in [2.45, 2.75) is 18.2 Å². The number of pyridine rings is 1. The van der Waals surface area contributed by atoms with Gasteiger partial charge in [-0.3, -0.25) is 4.98 Å². The molecule has 3 N–H and O–H groups in total. The maximum atomic E-state index is 8.77. The summed E-state index contributed by atoms with van der Waals surface area (Å²) in [6, 6.07) is 3.99. The molecule has 1 rings (SSSR count). The molecular weight excluding hydrogens is 196 g/mol. The van der Waals surface area contributed by atoms with Gasteiger partial charge < -0.3 is 10.8 Å². The minimum Gasteiger partial charge on any atom is -0.396 e. The van der Waals surface area contributed by atoms with Gasteiger partial charge in [-0.05, 0) is 18.6 Å².